The summed E-state index contributed by atoms with van der Waals surface area (Å²) in [5.74, 6) is -1.91. The lowest BCUT2D eigenvalue weighted by atomic mass is 10.1. The molecule has 0 saturated heterocycles. The maximum absolute atomic E-state index is 13.6. The van der Waals surface area contributed by atoms with E-state index in [0.29, 0.717) is 11.3 Å². The summed E-state index contributed by atoms with van der Waals surface area (Å²) in [5, 5.41) is 3.11. The maximum Gasteiger partial charge on any atom is 0.269 e. The van der Waals surface area contributed by atoms with Crippen LogP contribution in [0.15, 0.2) is 78.0 Å². The molecule has 1 aromatic heterocycles. The first-order chi connectivity index (χ1) is 16.5. The fourth-order valence-electron chi connectivity index (χ4n) is 3.05. The predicted octanol–water partition coefficient (Wildman–Crippen LogP) is 3.19. The quantitative estimate of drug-likeness (QED) is 0.241. The molecule has 0 aliphatic rings. The summed E-state index contributed by atoms with van der Waals surface area (Å²) in [5.41, 5.74) is 7.57. The summed E-state index contributed by atoms with van der Waals surface area (Å²) in [6, 6.07) is 20.2. The number of benzene rings is 3. The molecule has 0 spiro atoms. The summed E-state index contributed by atoms with van der Waals surface area (Å²) >= 11 is 1.55. The molecular formula is C24H20FN5O3S. The lowest BCUT2D eigenvalue weighted by Crippen LogP contribution is -2.46. The van der Waals surface area contributed by atoms with Crippen LogP contribution in [-0.2, 0) is 10.5 Å². The highest BCUT2D eigenvalue weighted by Crippen LogP contribution is 2.23. The van der Waals surface area contributed by atoms with Gasteiger partial charge in [-0.2, -0.15) is 0 Å². The van der Waals surface area contributed by atoms with Crippen LogP contribution >= 0.6 is 11.8 Å². The van der Waals surface area contributed by atoms with Crippen LogP contribution in [0.2, 0.25) is 0 Å². The third kappa shape index (κ3) is 5.78. The van der Waals surface area contributed by atoms with Gasteiger partial charge in [-0.3, -0.25) is 25.2 Å². The van der Waals surface area contributed by atoms with Crippen molar-refractivity contribution in [3.05, 3.63) is 95.3 Å². The predicted molar refractivity (Wildman–Crippen MR) is 126 cm³/mol. The molecule has 10 heteroatoms. The van der Waals surface area contributed by atoms with Gasteiger partial charge in [-0.15, -0.1) is 0 Å². The van der Waals surface area contributed by atoms with Crippen LogP contribution in [0.5, 0.6) is 0 Å². The van der Waals surface area contributed by atoms with Crippen LogP contribution in [0.25, 0.3) is 11.0 Å². The Morgan fingerprint density at radius 2 is 1.62 bits per heavy atom. The Bertz CT molecular complexity index is 1310. The van der Waals surface area contributed by atoms with Crippen LogP contribution in [0.3, 0.4) is 0 Å². The molecule has 0 unspecified atom stereocenters. The average molecular weight is 478 g/mol. The van der Waals surface area contributed by atoms with Gasteiger partial charge < -0.3 is 10.3 Å². The first kappa shape index (κ1) is 23.0. The van der Waals surface area contributed by atoms with Crippen LogP contribution in [0, 0.1) is 5.82 Å². The van der Waals surface area contributed by atoms with Gasteiger partial charge in [-0.05, 0) is 42.0 Å². The molecule has 0 bridgehead atoms. The van der Waals surface area contributed by atoms with Crippen molar-refractivity contribution in [1.29, 1.82) is 0 Å². The zero-order chi connectivity index (χ0) is 23.9. The number of para-hydroxylation sites is 2. The fourth-order valence-corrected chi connectivity index (χ4v) is 3.89. The Kier molecular flexibility index (Phi) is 7.19. The Balaban J connectivity index is 1.22. The van der Waals surface area contributed by atoms with Crippen molar-refractivity contribution in [2.75, 3.05) is 6.54 Å². The number of H-pyrrole nitrogens is 1. The van der Waals surface area contributed by atoms with Gasteiger partial charge in [-0.25, -0.2) is 9.37 Å². The third-order valence-corrected chi connectivity index (χ3v) is 5.75. The van der Waals surface area contributed by atoms with E-state index in [4.69, 9.17) is 0 Å². The molecule has 0 aliphatic carbocycles. The van der Waals surface area contributed by atoms with Crippen molar-refractivity contribution in [2.45, 2.75) is 10.9 Å². The maximum atomic E-state index is 13.6. The Morgan fingerprint density at radius 3 is 2.38 bits per heavy atom. The lowest BCUT2D eigenvalue weighted by Gasteiger charge is -2.09. The molecule has 0 aliphatic heterocycles. The number of hydrogen-bond acceptors (Lipinski definition) is 5. The van der Waals surface area contributed by atoms with Gasteiger partial charge in [0.25, 0.3) is 17.7 Å². The van der Waals surface area contributed by atoms with Crippen molar-refractivity contribution in [3.63, 3.8) is 0 Å². The number of halogens is 1. The van der Waals surface area contributed by atoms with E-state index in [1.165, 1.54) is 18.2 Å². The van der Waals surface area contributed by atoms with Gasteiger partial charge in [0.15, 0.2) is 5.16 Å². The molecule has 0 atom stereocenters. The van der Waals surface area contributed by atoms with Gasteiger partial charge in [0.05, 0.1) is 23.1 Å². The second-order valence-electron chi connectivity index (χ2n) is 7.21. The van der Waals surface area contributed by atoms with Crippen LogP contribution < -0.4 is 16.2 Å². The normalized spacial score (nSPS) is 10.6. The minimum Gasteiger partial charge on any atom is -0.343 e. The molecule has 8 nitrogen and oxygen atoms in total. The van der Waals surface area contributed by atoms with Gasteiger partial charge in [0.2, 0.25) is 0 Å². The highest BCUT2D eigenvalue weighted by molar-refractivity contribution is 7.98. The van der Waals surface area contributed by atoms with Crippen LogP contribution in [-0.4, -0.2) is 34.2 Å². The monoisotopic (exact) mass is 477 g/mol. The van der Waals surface area contributed by atoms with Crippen LogP contribution in [0.4, 0.5) is 4.39 Å². The zero-order valence-corrected chi connectivity index (χ0v) is 18.6. The van der Waals surface area contributed by atoms with Gasteiger partial charge in [-0.1, -0.05) is 48.2 Å². The number of carbonyl (C=O) groups excluding carboxylic acids is 3. The molecular weight excluding hydrogens is 457 g/mol. The topological polar surface area (TPSA) is 116 Å². The van der Waals surface area contributed by atoms with Crippen molar-refractivity contribution >= 4 is 40.5 Å². The van der Waals surface area contributed by atoms with E-state index in [1.54, 1.807) is 23.9 Å². The van der Waals surface area contributed by atoms with Crippen molar-refractivity contribution < 1.29 is 18.8 Å². The molecule has 0 saturated carbocycles. The lowest BCUT2D eigenvalue weighted by molar-refractivity contribution is -0.120. The number of hydrazine groups is 1. The summed E-state index contributed by atoms with van der Waals surface area (Å²) < 4.78 is 13.6. The summed E-state index contributed by atoms with van der Waals surface area (Å²) in [6.07, 6.45) is 0. The molecule has 34 heavy (non-hydrogen) atoms. The number of aromatic amines is 1. The van der Waals surface area contributed by atoms with E-state index in [2.05, 4.69) is 26.1 Å². The number of hydrogen-bond donors (Lipinski definition) is 4. The standard InChI is InChI=1S/C24H20FN5O3S/c25-18-6-2-1-5-17(18)23(33)26-13-21(31)29-30-22(32)16-11-9-15(10-12-16)14-34-24-27-19-7-3-4-8-20(19)28-24/h1-12H,13-14H2,(H,26,33)(H,27,28)(H,29,31)(H,30,32). The molecule has 0 radical (unpaired) electrons. The van der Waals surface area contributed by atoms with E-state index in [0.717, 1.165) is 27.8 Å². The number of thioether (sulfide) groups is 1. The minimum absolute atomic E-state index is 0.169. The molecule has 0 fully saturated rings. The first-order valence-corrected chi connectivity index (χ1v) is 11.3. The van der Waals surface area contributed by atoms with E-state index in [1.807, 2.05) is 36.4 Å². The van der Waals surface area contributed by atoms with E-state index < -0.39 is 30.1 Å². The zero-order valence-electron chi connectivity index (χ0n) is 17.8. The number of amides is 3. The van der Waals surface area contributed by atoms with Gasteiger partial charge >= 0.3 is 0 Å². The largest absolute Gasteiger partial charge is 0.343 e. The van der Waals surface area contributed by atoms with E-state index in [9.17, 15) is 18.8 Å². The van der Waals surface area contributed by atoms with Crippen molar-refractivity contribution in [1.82, 2.24) is 26.1 Å². The number of nitrogens with one attached hydrogen (secondary N) is 4. The fraction of sp³-hybridized carbons (Fsp3) is 0.0833. The van der Waals surface area contributed by atoms with E-state index >= 15 is 0 Å². The molecule has 3 aromatic carbocycles. The van der Waals surface area contributed by atoms with Crippen molar-refractivity contribution in [2.24, 2.45) is 0 Å². The van der Waals surface area contributed by atoms with Gasteiger partial charge in [0.1, 0.15) is 5.82 Å². The summed E-state index contributed by atoms with van der Waals surface area (Å²) in [4.78, 5) is 43.9. The Morgan fingerprint density at radius 1 is 0.882 bits per heavy atom. The number of fused-ring (bicyclic) bond motifs is 1. The number of carbonyl (C=O) groups is 3. The number of nitrogens with zero attached hydrogens (tertiary/aromatic N) is 1. The number of aromatic nitrogens is 2. The van der Waals surface area contributed by atoms with Gasteiger partial charge in [0, 0.05) is 11.3 Å². The van der Waals surface area contributed by atoms with E-state index in [-0.39, 0.29) is 5.56 Å². The highest BCUT2D eigenvalue weighted by Gasteiger charge is 2.13. The Hall–Kier alpha value is -4.18. The second-order valence-corrected chi connectivity index (χ2v) is 8.17. The summed E-state index contributed by atoms with van der Waals surface area (Å²) in [6.45, 7) is -0.425. The smallest absolute Gasteiger partial charge is 0.269 e. The molecule has 3 amide bonds. The first-order valence-electron chi connectivity index (χ1n) is 10.3. The number of imidazole rings is 1. The minimum atomic E-state index is -0.726. The SMILES string of the molecule is O=C(CNC(=O)c1ccccc1F)NNC(=O)c1ccc(CSc2nc3ccccc3[nH]2)cc1. The Labute approximate surface area is 198 Å². The third-order valence-electron chi connectivity index (χ3n) is 4.80. The molecule has 1 heterocycles. The molecule has 4 N–H and O–H groups in total. The van der Waals surface area contributed by atoms with Crippen molar-refractivity contribution in [3.8, 4) is 0 Å². The average Bonchev–Trinajstić information content (AvgIpc) is 3.28. The van der Waals surface area contributed by atoms with Crippen LogP contribution in [0.1, 0.15) is 26.3 Å². The second kappa shape index (κ2) is 10.6. The highest BCUT2D eigenvalue weighted by atomic mass is 32.2. The molecule has 4 aromatic rings. The summed E-state index contributed by atoms with van der Waals surface area (Å²) in [7, 11) is 0. The molecule has 172 valence electrons. The number of rotatable bonds is 7. The molecule has 4 rings (SSSR count).